The van der Waals surface area contributed by atoms with Crippen molar-refractivity contribution in [2.75, 3.05) is 0 Å². The fourth-order valence-electron chi connectivity index (χ4n) is 1.67. The van der Waals surface area contributed by atoms with Gasteiger partial charge in [0.25, 0.3) is 0 Å². The molecule has 92 valence electrons. The zero-order chi connectivity index (χ0) is 12.3. The Morgan fingerprint density at radius 2 is 2.38 bits per heavy atom. The summed E-state index contributed by atoms with van der Waals surface area (Å²) in [4.78, 5) is 11.8. The monoisotopic (exact) mass is 248 g/mol. The first-order valence-corrected chi connectivity index (χ1v) is 6.05. The molecule has 4 atom stereocenters. The lowest BCUT2D eigenvalue weighted by Crippen LogP contribution is -2.35. The molecule has 0 saturated heterocycles. The fourth-order valence-corrected chi connectivity index (χ4v) is 2.02. The molecule has 0 aromatic carbocycles. The molecular weight excluding hydrogens is 231 g/mol. The highest BCUT2D eigenvalue weighted by molar-refractivity contribution is 6.22. The number of hydrogen-bond donors (Lipinski definition) is 0. The van der Waals surface area contributed by atoms with Crippen LogP contribution in [0.5, 0.6) is 0 Å². The van der Waals surface area contributed by atoms with Gasteiger partial charge in [0.2, 0.25) is 0 Å². The van der Waals surface area contributed by atoms with Gasteiger partial charge in [0.15, 0.2) is 0 Å². The smallest absolute Gasteiger partial charge is 0.311 e. The molecule has 0 aliphatic heterocycles. The molecule has 16 heavy (non-hydrogen) atoms. The van der Waals surface area contributed by atoms with E-state index in [-0.39, 0.29) is 18.5 Å². The van der Waals surface area contributed by atoms with Crippen LogP contribution in [0.15, 0.2) is 12.2 Å². The molecule has 0 heterocycles. The number of carbonyl (C=O) groups is 1. The van der Waals surface area contributed by atoms with E-state index in [1.807, 2.05) is 13.8 Å². The van der Waals surface area contributed by atoms with E-state index in [9.17, 15) is 9.18 Å². The van der Waals surface area contributed by atoms with Crippen LogP contribution in [-0.4, -0.2) is 23.6 Å². The van der Waals surface area contributed by atoms with Crippen LogP contribution in [-0.2, 0) is 9.53 Å². The van der Waals surface area contributed by atoms with Gasteiger partial charge in [-0.3, -0.25) is 4.79 Å². The minimum atomic E-state index is -1.09. The van der Waals surface area contributed by atoms with Crippen molar-refractivity contribution in [1.82, 2.24) is 0 Å². The largest absolute Gasteiger partial charge is 0.462 e. The molecule has 4 heteroatoms. The van der Waals surface area contributed by atoms with Crippen molar-refractivity contribution in [1.29, 1.82) is 0 Å². The summed E-state index contributed by atoms with van der Waals surface area (Å²) in [7, 11) is 0. The van der Waals surface area contributed by atoms with Crippen LogP contribution >= 0.6 is 11.6 Å². The Balaban J connectivity index is 2.58. The van der Waals surface area contributed by atoms with E-state index in [0.29, 0.717) is 12.0 Å². The average Bonchev–Trinajstić information content (AvgIpc) is 2.23. The van der Waals surface area contributed by atoms with Gasteiger partial charge in [0.05, 0.1) is 17.4 Å². The normalized spacial score (nSPS) is 32.2. The van der Waals surface area contributed by atoms with Crippen molar-refractivity contribution in [3.8, 4) is 0 Å². The summed E-state index contributed by atoms with van der Waals surface area (Å²) in [5.41, 5.74) is 0.447. The Labute approximate surface area is 101 Å². The summed E-state index contributed by atoms with van der Waals surface area (Å²) in [5, 5.41) is -0.489. The second-order valence-electron chi connectivity index (χ2n) is 4.34. The van der Waals surface area contributed by atoms with Crippen LogP contribution < -0.4 is 0 Å². The summed E-state index contributed by atoms with van der Waals surface area (Å²) < 4.78 is 18.5. The Hall–Kier alpha value is -0.570. The second kappa shape index (κ2) is 5.67. The average molecular weight is 249 g/mol. The number of rotatable bonds is 3. The van der Waals surface area contributed by atoms with E-state index in [4.69, 9.17) is 16.3 Å². The van der Waals surface area contributed by atoms with Crippen LogP contribution in [0.1, 0.15) is 33.1 Å². The van der Waals surface area contributed by atoms with Crippen LogP contribution in [0, 0.1) is 5.92 Å². The van der Waals surface area contributed by atoms with E-state index < -0.39 is 17.5 Å². The third-order valence-corrected chi connectivity index (χ3v) is 3.47. The maximum Gasteiger partial charge on any atom is 0.311 e. The summed E-state index contributed by atoms with van der Waals surface area (Å²) in [5.74, 6) is -0.780. The highest BCUT2D eigenvalue weighted by Crippen LogP contribution is 2.34. The topological polar surface area (TPSA) is 26.3 Å². The number of alkyl halides is 2. The molecule has 0 N–H and O–H groups in total. The summed E-state index contributed by atoms with van der Waals surface area (Å²) in [6, 6.07) is 0. The first-order chi connectivity index (χ1) is 7.45. The van der Waals surface area contributed by atoms with Crippen LogP contribution in [0.25, 0.3) is 0 Å². The van der Waals surface area contributed by atoms with E-state index >= 15 is 0 Å². The lowest BCUT2D eigenvalue weighted by molar-refractivity contribution is -0.153. The minimum absolute atomic E-state index is 0.118. The summed E-state index contributed by atoms with van der Waals surface area (Å²) in [6.45, 7) is 7.39. The number of allylic oxidation sites excluding steroid dienone is 1. The van der Waals surface area contributed by atoms with E-state index in [2.05, 4.69) is 6.58 Å². The molecule has 2 nitrogen and oxygen atoms in total. The quantitative estimate of drug-likeness (QED) is 0.435. The zero-order valence-electron chi connectivity index (χ0n) is 9.71. The lowest BCUT2D eigenvalue weighted by atomic mass is 9.84. The molecule has 0 aromatic rings. The van der Waals surface area contributed by atoms with Gasteiger partial charge < -0.3 is 4.74 Å². The Kier molecular flexibility index (Phi) is 4.78. The van der Waals surface area contributed by atoms with Gasteiger partial charge >= 0.3 is 5.97 Å². The highest BCUT2D eigenvalue weighted by Gasteiger charge is 2.37. The number of ether oxygens (including phenoxy) is 1. The SMILES string of the molecule is C=C1CC(C(=O)OC(C)CC)C(Cl)CC1F. The van der Waals surface area contributed by atoms with Crippen LogP contribution in [0.4, 0.5) is 4.39 Å². The molecule has 0 aromatic heterocycles. The zero-order valence-corrected chi connectivity index (χ0v) is 10.5. The third kappa shape index (κ3) is 3.21. The van der Waals surface area contributed by atoms with Crippen molar-refractivity contribution in [2.45, 2.75) is 50.8 Å². The van der Waals surface area contributed by atoms with Gasteiger partial charge in [-0.15, -0.1) is 11.6 Å². The van der Waals surface area contributed by atoms with E-state index in [1.165, 1.54) is 0 Å². The number of hydrogen-bond acceptors (Lipinski definition) is 2. The Morgan fingerprint density at radius 1 is 1.75 bits per heavy atom. The lowest BCUT2D eigenvalue weighted by Gasteiger charge is -2.30. The second-order valence-corrected chi connectivity index (χ2v) is 4.90. The van der Waals surface area contributed by atoms with Crippen molar-refractivity contribution in [3.63, 3.8) is 0 Å². The third-order valence-electron chi connectivity index (χ3n) is 2.99. The van der Waals surface area contributed by atoms with Gasteiger partial charge in [-0.2, -0.15) is 0 Å². The molecule has 0 amide bonds. The molecule has 0 spiro atoms. The van der Waals surface area contributed by atoms with Crippen LogP contribution in [0.2, 0.25) is 0 Å². The maximum atomic E-state index is 13.3. The van der Waals surface area contributed by atoms with Crippen molar-refractivity contribution < 1.29 is 13.9 Å². The number of halogens is 2. The van der Waals surface area contributed by atoms with Gasteiger partial charge in [-0.25, -0.2) is 4.39 Å². The fraction of sp³-hybridized carbons (Fsp3) is 0.750. The standard InChI is InChI=1S/C12H18ClFO2/c1-4-8(3)16-12(15)9-5-7(2)11(14)6-10(9)13/h8-11H,2,4-6H2,1,3H3. The number of esters is 1. The Bertz CT molecular complexity index is 280. The predicted octanol–water partition coefficient (Wildman–Crippen LogP) is 3.24. The minimum Gasteiger partial charge on any atom is -0.462 e. The van der Waals surface area contributed by atoms with Crippen molar-refractivity contribution in [3.05, 3.63) is 12.2 Å². The number of carbonyl (C=O) groups excluding carboxylic acids is 1. The molecule has 1 saturated carbocycles. The molecule has 4 unspecified atom stereocenters. The van der Waals surface area contributed by atoms with E-state index in [0.717, 1.165) is 6.42 Å². The molecule has 1 rings (SSSR count). The highest BCUT2D eigenvalue weighted by atomic mass is 35.5. The Morgan fingerprint density at radius 3 is 2.94 bits per heavy atom. The predicted molar refractivity (Wildman–Crippen MR) is 62.2 cm³/mol. The van der Waals surface area contributed by atoms with Gasteiger partial charge in [-0.1, -0.05) is 13.5 Å². The van der Waals surface area contributed by atoms with Crippen molar-refractivity contribution in [2.24, 2.45) is 5.92 Å². The van der Waals surface area contributed by atoms with Gasteiger partial charge in [-0.05, 0) is 31.8 Å². The molecule has 1 aliphatic carbocycles. The summed E-state index contributed by atoms with van der Waals surface area (Å²) in [6.07, 6.45) is 0.00600. The molecular formula is C12H18ClFO2. The maximum absolute atomic E-state index is 13.3. The molecule has 1 fully saturated rings. The first-order valence-electron chi connectivity index (χ1n) is 5.62. The van der Waals surface area contributed by atoms with Crippen molar-refractivity contribution >= 4 is 17.6 Å². The summed E-state index contributed by atoms with van der Waals surface area (Å²) >= 11 is 5.98. The first kappa shape index (κ1) is 13.5. The van der Waals surface area contributed by atoms with Gasteiger partial charge in [0.1, 0.15) is 6.17 Å². The molecule has 0 radical (unpaired) electrons. The molecule has 0 bridgehead atoms. The van der Waals surface area contributed by atoms with Gasteiger partial charge in [0, 0.05) is 0 Å². The molecule has 1 aliphatic rings. The van der Waals surface area contributed by atoms with Crippen LogP contribution in [0.3, 0.4) is 0 Å². The van der Waals surface area contributed by atoms with E-state index in [1.54, 1.807) is 0 Å².